The van der Waals surface area contributed by atoms with Gasteiger partial charge in [-0.15, -0.1) is 0 Å². The van der Waals surface area contributed by atoms with E-state index in [1.165, 1.54) is 6.92 Å². The molecule has 1 saturated heterocycles. The lowest BCUT2D eigenvalue weighted by molar-refractivity contribution is 0.0322. The smallest absolute Gasteiger partial charge is 0.200 e. The molecule has 3 aromatic rings. The first-order chi connectivity index (χ1) is 14.0. The van der Waals surface area contributed by atoms with Gasteiger partial charge in [-0.2, -0.15) is 0 Å². The van der Waals surface area contributed by atoms with Crippen molar-refractivity contribution in [3.63, 3.8) is 0 Å². The zero-order chi connectivity index (χ0) is 20.4. The monoisotopic (exact) mass is 414 g/mol. The second kappa shape index (κ2) is 8.45. The van der Waals surface area contributed by atoms with E-state index in [9.17, 15) is 9.90 Å². The molecule has 0 atom stereocenters. The molecular weight excluding hydrogens is 392 g/mol. The number of morpholine rings is 1. The molecule has 1 aliphatic rings. The SMILES string of the molecule is CC(=O)c1c(O)[nH]c2cc(Cl)c(-c3ccc(OCCN4CCOCC4)cc3)cc12. The van der Waals surface area contributed by atoms with Gasteiger partial charge in [0.15, 0.2) is 5.78 Å². The van der Waals surface area contributed by atoms with Crippen molar-refractivity contribution in [2.75, 3.05) is 39.5 Å². The fourth-order valence-electron chi connectivity index (χ4n) is 3.63. The van der Waals surface area contributed by atoms with Crippen LogP contribution < -0.4 is 4.74 Å². The molecule has 0 unspecified atom stereocenters. The largest absolute Gasteiger partial charge is 0.494 e. The Morgan fingerprint density at radius 3 is 2.66 bits per heavy atom. The Morgan fingerprint density at radius 2 is 1.97 bits per heavy atom. The van der Waals surface area contributed by atoms with Gasteiger partial charge in [0.2, 0.25) is 5.88 Å². The summed E-state index contributed by atoms with van der Waals surface area (Å²) in [7, 11) is 0. The molecule has 1 aliphatic heterocycles. The summed E-state index contributed by atoms with van der Waals surface area (Å²) in [5.41, 5.74) is 2.61. The van der Waals surface area contributed by atoms with Crippen LogP contribution in [0.5, 0.6) is 11.6 Å². The number of hydrogen-bond acceptors (Lipinski definition) is 5. The van der Waals surface area contributed by atoms with Crippen molar-refractivity contribution < 1.29 is 19.4 Å². The maximum Gasteiger partial charge on any atom is 0.200 e. The Hall–Kier alpha value is -2.54. The molecule has 0 radical (unpaired) electrons. The minimum absolute atomic E-state index is 0.135. The Bertz CT molecular complexity index is 1020. The van der Waals surface area contributed by atoms with Crippen LogP contribution in [0.15, 0.2) is 36.4 Å². The van der Waals surface area contributed by atoms with E-state index in [1.54, 1.807) is 6.07 Å². The predicted octanol–water partition coefficient (Wildman–Crippen LogP) is 4.11. The van der Waals surface area contributed by atoms with Crippen molar-refractivity contribution in [1.82, 2.24) is 9.88 Å². The van der Waals surface area contributed by atoms with E-state index in [1.807, 2.05) is 30.3 Å². The maximum absolute atomic E-state index is 11.9. The van der Waals surface area contributed by atoms with E-state index in [4.69, 9.17) is 21.1 Å². The molecule has 0 aliphatic carbocycles. The van der Waals surface area contributed by atoms with E-state index in [0.29, 0.717) is 22.5 Å². The lowest BCUT2D eigenvalue weighted by Gasteiger charge is -2.26. The number of aromatic amines is 1. The molecule has 1 aromatic heterocycles. The molecule has 2 heterocycles. The first-order valence-corrected chi connectivity index (χ1v) is 9.99. The predicted molar refractivity (Wildman–Crippen MR) is 113 cm³/mol. The number of benzene rings is 2. The van der Waals surface area contributed by atoms with Crippen LogP contribution in [0.1, 0.15) is 17.3 Å². The summed E-state index contributed by atoms with van der Waals surface area (Å²) in [5, 5.41) is 11.2. The van der Waals surface area contributed by atoms with Crippen LogP contribution >= 0.6 is 11.6 Å². The van der Waals surface area contributed by atoms with Crippen LogP contribution in [0, 0.1) is 0 Å². The summed E-state index contributed by atoms with van der Waals surface area (Å²) in [6.07, 6.45) is 0. The van der Waals surface area contributed by atoms with Crippen LogP contribution in [-0.2, 0) is 4.74 Å². The number of hydrogen-bond donors (Lipinski definition) is 2. The van der Waals surface area contributed by atoms with Gasteiger partial charge in [-0.25, -0.2) is 0 Å². The average Bonchev–Trinajstić information content (AvgIpc) is 3.03. The van der Waals surface area contributed by atoms with Gasteiger partial charge in [0.05, 0.1) is 29.3 Å². The zero-order valence-corrected chi connectivity index (χ0v) is 17.0. The molecule has 7 heteroatoms. The van der Waals surface area contributed by atoms with Crippen LogP contribution in [0.3, 0.4) is 0 Å². The number of nitrogens with zero attached hydrogens (tertiary/aromatic N) is 1. The first kappa shape index (κ1) is 19.8. The molecule has 0 bridgehead atoms. The number of H-pyrrole nitrogens is 1. The molecule has 2 N–H and O–H groups in total. The van der Waals surface area contributed by atoms with E-state index < -0.39 is 0 Å². The van der Waals surface area contributed by atoms with Crippen molar-refractivity contribution in [2.24, 2.45) is 0 Å². The van der Waals surface area contributed by atoms with Gasteiger partial charge in [-0.05, 0) is 36.8 Å². The van der Waals surface area contributed by atoms with Crippen LogP contribution in [-0.4, -0.2) is 60.2 Å². The molecule has 6 nitrogen and oxygen atoms in total. The molecule has 4 rings (SSSR count). The summed E-state index contributed by atoms with van der Waals surface area (Å²) < 4.78 is 11.2. The standard InChI is InChI=1S/C22H23ClN2O4/c1-14(26)21-18-12-17(19(23)13-20(18)24-22(21)27)15-2-4-16(5-3-15)29-11-8-25-6-9-28-10-7-25/h2-5,12-13,24,27H,6-11H2,1H3. The second-order valence-electron chi connectivity index (χ2n) is 7.11. The van der Waals surface area contributed by atoms with Crippen molar-refractivity contribution >= 4 is 28.3 Å². The van der Waals surface area contributed by atoms with Crippen molar-refractivity contribution in [3.05, 3.63) is 47.0 Å². The minimum atomic E-state index is -0.203. The molecule has 2 aromatic carbocycles. The van der Waals surface area contributed by atoms with Gasteiger partial charge in [0.1, 0.15) is 12.4 Å². The highest BCUT2D eigenvalue weighted by Crippen LogP contribution is 2.36. The summed E-state index contributed by atoms with van der Waals surface area (Å²) in [5.74, 6) is 0.457. The molecule has 0 amide bonds. The summed E-state index contributed by atoms with van der Waals surface area (Å²) in [6.45, 7) is 6.38. The second-order valence-corrected chi connectivity index (χ2v) is 7.52. The van der Waals surface area contributed by atoms with Crippen LogP contribution in [0.2, 0.25) is 5.02 Å². The minimum Gasteiger partial charge on any atom is -0.494 e. The number of aromatic nitrogens is 1. The number of nitrogens with one attached hydrogen (secondary N) is 1. The summed E-state index contributed by atoms with van der Waals surface area (Å²) in [6, 6.07) is 11.3. The van der Waals surface area contributed by atoms with Gasteiger partial charge in [-0.1, -0.05) is 23.7 Å². The summed E-state index contributed by atoms with van der Waals surface area (Å²) in [4.78, 5) is 17.0. The number of fused-ring (bicyclic) bond motifs is 1. The van der Waals surface area contributed by atoms with Gasteiger partial charge in [0.25, 0.3) is 0 Å². The maximum atomic E-state index is 11.9. The summed E-state index contributed by atoms with van der Waals surface area (Å²) >= 11 is 6.45. The number of halogens is 1. The van der Waals surface area contributed by atoms with E-state index >= 15 is 0 Å². The van der Waals surface area contributed by atoms with Crippen molar-refractivity contribution in [2.45, 2.75) is 6.92 Å². The number of carbonyl (C=O) groups excluding carboxylic acids is 1. The Balaban J connectivity index is 1.50. The highest BCUT2D eigenvalue weighted by molar-refractivity contribution is 6.34. The van der Waals surface area contributed by atoms with Crippen molar-refractivity contribution in [3.8, 4) is 22.8 Å². The molecule has 1 fully saturated rings. The van der Waals surface area contributed by atoms with E-state index in [0.717, 1.165) is 49.7 Å². The molecule has 29 heavy (non-hydrogen) atoms. The van der Waals surface area contributed by atoms with E-state index in [2.05, 4.69) is 9.88 Å². The Kier molecular flexibility index (Phi) is 5.76. The van der Waals surface area contributed by atoms with Crippen LogP contribution in [0.25, 0.3) is 22.0 Å². The third-order valence-corrected chi connectivity index (χ3v) is 5.48. The van der Waals surface area contributed by atoms with Gasteiger partial charge >= 0.3 is 0 Å². The number of ketones is 1. The van der Waals surface area contributed by atoms with Gasteiger partial charge < -0.3 is 19.6 Å². The zero-order valence-electron chi connectivity index (χ0n) is 16.2. The molecule has 152 valence electrons. The Labute approximate surface area is 174 Å². The highest BCUT2D eigenvalue weighted by Gasteiger charge is 2.17. The number of aromatic hydroxyl groups is 1. The molecule has 0 spiro atoms. The molecular formula is C22H23ClN2O4. The average molecular weight is 415 g/mol. The fraction of sp³-hybridized carbons (Fsp3) is 0.318. The lowest BCUT2D eigenvalue weighted by atomic mass is 10.0. The third kappa shape index (κ3) is 4.24. The van der Waals surface area contributed by atoms with Gasteiger partial charge in [-0.3, -0.25) is 9.69 Å². The van der Waals surface area contributed by atoms with Crippen molar-refractivity contribution in [1.29, 1.82) is 0 Å². The van der Waals surface area contributed by atoms with Gasteiger partial charge in [0, 0.05) is 30.6 Å². The quantitative estimate of drug-likeness (QED) is 0.594. The fourth-order valence-corrected chi connectivity index (χ4v) is 3.90. The topological polar surface area (TPSA) is 74.8 Å². The number of carbonyl (C=O) groups is 1. The lowest BCUT2D eigenvalue weighted by Crippen LogP contribution is -2.38. The highest BCUT2D eigenvalue weighted by atomic mass is 35.5. The third-order valence-electron chi connectivity index (χ3n) is 5.16. The number of ether oxygens (including phenoxy) is 2. The van der Waals surface area contributed by atoms with Crippen LogP contribution in [0.4, 0.5) is 0 Å². The normalized spacial score (nSPS) is 15.0. The Morgan fingerprint density at radius 1 is 1.24 bits per heavy atom. The first-order valence-electron chi connectivity index (χ1n) is 9.61. The van der Waals surface area contributed by atoms with E-state index in [-0.39, 0.29) is 17.2 Å². The molecule has 0 saturated carbocycles. The number of rotatable bonds is 6. The number of Topliss-reactive ketones (excluding diaryl/α,β-unsaturated/α-hetero) is 1.